The van der Waals surface area contributed by atoms with Gasteiger partial charge < -0.3 is 14.9 Å². The van der Waals surface area contributed by atoms with E-state index in [0.717, 1.165) is 38.5 Å². The highest BCUT2D eigenvalue weighted by Gasteiger charge is 2.54. The highest BCUT2D eigenvalue weighted by atomic mass is 32.2. The fourth-order valence-corrected chi connectivity index (χ4v) is 5.78. The molecule has 0 atom stereocenters. The van der Waals surface area contributed by atoms with E-state index in [-0.39, 0.29) is 32.7 Å². The van der Waals surface area contributed by atoms with Crippen LogP contribution in [0.3, 0.4) is 0 Å². The summed E-state index contributed by atoms with van der Waals surface area (Å²) < 4.78 is 30.8. The van der Waals surface area contributed by atoms with Crippen LogP contribution in [0.4, 0.5) is 0 Å². The van der Waals surface area contributed by atoms with Crippen molar-refractivity contribution in [3.05, 3.63) is 0 Å². The number of rotatable bonds is 8. The number of nitrogens with zero attached hydrogens (tertiary/aromatic N) is 1. The summed E-state index contributed by atoms with van der Waals surface area (Å²) in [4.78, 5) is 11.8. The predicted molar refractivity (Wildman–Crippen MR) is 89.2 cm³/mol. The molecule has 0 radical (unpaired) electrons. The summed E-state index contributed by atoms with van der Waals surface area (Å²) in [7, 11) is -3.88. The summed E-state index contributed by atoms with van der Waals surface area (Å²) in [6, 6.07) is 0. The molecule has 2 aliphatic rings. The van der Waals surface area contributed by atoms with Crippen LogP contribution in [-0.4, -0.2) is 66.6 Å². The number of piperidine rings is 1. The Morgan fingerprint density at radius 3 is 2.29 bits per heavy atom. The van der Waals surface area contributed by atoms with Gasteiger partial charge >= 0.3 is 5.97 Å². The SMILES string of the molecule is O=C(O)C1(S(=O)(=O)N2CCC(CCCCCO)CC2)CCOCC1. The van der Waals surface area contributed by atoms with Gasteiger partial charge in [0.05, 0.1) is 0 Å². The van der Waals surface area contributed by atoms with Crippen molar-refractivity contribution in [1.29, 1.82) is 0 Å². The molecular formula is C16H29NO6S. The minimum atomic E-state index is -3.88. The maximum Gasteiger partial charge on any atom is 0.326 e. The molecule has 7 nitrogen and oxygen atoms in total. The lowest BCUT2D eigenvalue weighted by Crippen LogP contribution is -2.57. The number of carboxylic acid groups (broad SMARTS) is 1. The molecule has 0 aromatic carbocycles. The van der Waals surface area contributed by atoms with E-state index >= 15 is 0 Å². The van der Waals surface area contributed by atoms with E-state index in [9.17, 15) is 18.3 Å². The third kappa shape index (κ3) is 4.09. The summed E-state index contributed by atoms with van der Waals surface area (Å²) in [5, 5.41) is 18.4. The van der Waals surface area contributed by atoms with Gasteiger partial charge in [-0.15, -0.1) is 0 Å². The summed E-state index contributed by atoms with van der Waals surface area (Å²) in [6.07, 6.45) is 5.51. The Bertz CT molecular complexity index is 507. The fraction of sp³-hybridized carbons (Fsp3) is 0.938. The molecule has 0 aromatic heterocycles. The lowest BCUT2D eigenvalue weighted by Gasteiger charge is -2.39. The van der Waals surface area contributed by atoms with E-state index in [1.807, 2.05) is 0 Å². The Labute approximate surface area is 144 Å². The number of carboxylic acids is 1. The summed E-state index contributed by atoms with van der Waals surface area (Å²) in [5.74, 6) is -0.762. The van der Waals surface area contributed by atoms with Crippen LogP contribution in [0.15, 0.2) is 0 Å². The molecule has 24 heavy (non-hydrogen) atoms. The second-order valence-corrected chi connectivity index (χ2v) is 9.08. The standard InChI is InChI=1S/C16H29NO6S/c18-11-3-1-2-4-14-5-9-17(10-6-14)24(21,22)16(15(19)20)7-12-23-13-8-16/h14,18H,1-13H2,(H,19,20). The van der Waals surface area contributed by atoms with Crippen molar-refractivity contribution < 1.29 is 28.2 Å². The van der Waals surface area contributed by atoms with Crippen molar-refractivity contribution in [2.45, 2.75) is 56.1 Å². The van der Waals surface area contributed by atoms with E-state index in [1.165, 1.54) is 4.31 Å². The van der Waals surface area contributed by atoms with E-state index in [1.54, 1.807) is 0 Å². The molecule has 2 saturated heterocycles. The van der Waals surface area contributed by atoms with Crippen LogP contribution in [0.2, 0.25) is 0 Å². The van der Waals surface area contributed by atoms with Gasteiger partial charge in [0.1, 0.15) is 0 Å². The van der Waals surface area contributed by atoms with Crippen molar-refractivity contribution in [2.24, 2.45) is 5.92 Å². The second-order valence-electron chi connectivity index (χ2n) is 6.83. The molecule has 0 spiro atoms. The van der Waals surface area contributed by atoms with E-state index in [0.29, 0.717) is 19.0 Å². The van der Waals surface area contributed by atoms with Crippen molar-refractivity contribution in [2.75, 3.05) is 32.9 Å². The molecule has 2 fully saturated rings. The molecule has 2 N–H and O–H groups in total. The zero-order valence-electron chi connectivity index (χ0n) is 14.2. The van der Waals surface area contributed by atoms with Gasteiger partial charge in [-0.1, -0.05) is 19.3 Å². The molecule has 2 aliphatic heterocycles. The summed E-state index contributed by atoms with van der Waals surface area (Å²) in [5.41, 5.74) is 0. The van der Waals surface area contributed by atoms with Crippen LogP contribution in [-0.2, 0) is 19.6 Å². The predicted octanol–water partition coefficient (Wildman–Crippen LogP) is 1.21. The van der Waals surface area contributed by atoms with Gasteiger partial charge in [-0.25, -0.2) is 12.7 Å². The fourth-order valence-electron chi connectivity index (χ4n) is 3.69. The normalized spacial score (nSPS) is 23.2. The van der Waals surface area contributed by atoms with Crippen LogP contribution < -0.4 is 0 Å². The second kappa shape index (κ2) is 8.60. The molecule has 0 bridgehead atoms. The van der Waals surface area contributed by atoms with Gasteiger partial charge in [-0.05, 0) is 25.2 Å². The molecule has 0 unspecified atom stereocenters. The number of aliphatic hydroxyl groups is 1. The summed E-state index contributed by atoms with van der Waals surface area (Å²) >= 11 is 0. The molecule has 0 amide bonds. The van der Waals surface area contributed by atoms with Crippen molar-refractivity contribution in [3.8, 4) is 0 Å². The molecule has 140 valence electrons. The Hall–Kier alpha value is -0.700. The number of aliphatic carboxylic acids is 1. The van der Waals surface area contributed by atoms with Gasteiger partial charge in [0.2, 0.25) is 10.0 Å². The quantitative estimate of drug-likeness (QED) is 0.628. The molecule has 8 heteroatoms. The first-order valence-electron chi connectivity index (χ1n) is 8.86. The number of sulfonamides is 1. The van der Waals surface area contributed by atoms with Crippen LogP contribution in [0, 0.1) is 5.92 Å². The molecule has 0 saturated carbocycles. The minimum Gasteiger partial charge on any atom is -0.480 e. The van der Waals surface area contributed by atoms with Crippen LogP contribution >= 0.6 is 0 Å². The van der Waals surface area contributed by atoms with Crippen molar-refractivity contribution in [3.63, 3.8) is 0 Å². The first-order chi connectivity index (χ1) is 11.4. The highest BCUT2D eigenvalue weighted by Crippen LogP contribution is 2.35. The number of aliphatic hydroxyl groups excluding tert-OH is 1. The minimum absolute atomic E-state index is 0.0196. The number of hydrogen-bond acceptors (Lipinski definition) is 5. The monoisotopic (exact) mass is 363 g/mol. The third-order valence-electron chi connectivity index (χ3n) is 5.37. The van der Waals surface area contributed by atoms with Gasteiger partial charge in [-0.3, -0.25) is 4.79 Å². The van der Waals surface area contributed by atoms with E-state index in [2.05, 4.69) is 0 Å². The molecule has 2 heterocycles. The smallest absolute Gasteiger partial charge is 0.326 e. The Morgan fingerprint density at radius 2 is 1.75 bits per heavy atom. The lowest BCUT2D eigenvalue weighted by molar-refractivity contribution is -0.142. The molecular weight excluding hydrogens is 334 g/mol. The van der Waals surface area contributed by atoms with Gasteiger partial charge in [0, 0.05) is 45.8 Å². The maximum absolute atomic E-state index is 13.0. The first kappa shape index (κ1) is 19.6. The topological polar surface area (TPSA) is 104 Å². The zero-order valence-corrected chi connectivity index (χ0v) is 15.0. The largest absolute Gasteiger partial charge is 0.480 e. The average Bonchev–Trinajstić information content (AvgIpc) is 2.59. The van der Waals surface area contributed by atoms with Gasteiger partial charge in [0.25, 0.3) is 0 Å². The van der Waals surface area contributed by atoms with Crippen LogP contribution in [0.5, 0.6) is 0 Å². The third-order valence-corrected chi connectivity index (χ3v) is 7.98. The number of unbranched alkanes of at least 4 members (excludes halogenated alkanes) is 2. The van der Waals surface area contributed by atoms with Gasteiger partial charge in [-0.2, -0.15) is 0 Å². The van der Waals surface area contributed by atoms with Crippen LogP contribution in [0.25, 0.3) is 0 Å². The van der Waals surface area contributed by atoms with E-state index in [4.69, 9.17) is 9.84 Å². The lowest BCUT2D eigenvalue weighted by atomic mass is 9.92. The highest BCUT2D eigenvalue weighted by molar-refractivity contribution is 7.91. The molecule has 0 aromatic rings. The average molecular weight is 363 g/mol. The van der Waals surface area contributed by atoms with Gasteiger partial charge in [0.15, 0.2) is 4.75 Å². The number of hydrogen-bond donors (Lipinski definition) is 2. The molecule has 2 rings (SSSR count). The zero-order chi connectivity index (χ0) is 17.6. The summed E-state index contributed by atoms with van der Waals surface area (Å²) in [6.45, 7) is 1.38. The first-order valence-corrected chi connectivity index (χ1v) is 10.3. The Balaban J connectivity index is 1.95. The van der Waals surface area contributed by atoms with Crippen molar-refractivity contribution in [1.82, 2.24) is 4.31 Å². The molecule has 0 aliphatic carbocycles. The van der Waals surface area contributed by atoms with E-state index < -0.39 is 20.7 Å². The van der Waals surface area contributed by atoms with Crippen LogP contribution in [0.1, 0.15) is 51.4 Å². The van der Waals surface area contributed by atoms with Crippen molar-refractivity contribution >= 4 is 16.0 Å². The Morgan fingerprint density at radius 1 is 1.12 bits per heavy atom. The number of carbonyl (C=O) groups is 1. The number of ether oxygens (including phenoxy) is 1. The maximum atomic E-state index is 13.0. The Kier molecular flexibility index (Phi) is 7.03.